The molecule has 8 heteroatoms. The van der Waals surface area contributed by atoms with Gasteiger partial charge in [0, 0.05) is 19.2 Å². The monoisotopic (exact) mass is 464 g/mol. The number of nitrogens with zero attached hydrogens (tertiary/aromatic N) is 3. The molecular weight excluding hydrogens is 432 g/mol. The number of fused-ring (bicyclic) bond motifs is 1. The Hall–Kier alpha value is -3.39. The van der Waals surface area contributed by atoms with Gasteiger partial charge in [0.1, 0.15) is 6.54 Å². The summed E-state index contributed by atoms with van der Waals surface area (Å²) in [6, 6.07) is 13.8. The van der Waals surface area contributed by atoms with E-state index in [2.05, 4.69) is 39.5 Å². The smallest absolute Gasteiger partial charge is 0.261 e. The lowest BCUT2D eigenvalue weighted by molar-refractivity contribution is -0.121. The second kappa shape index (κ2) is 11.2. The van der Waals surface area contributed by atoms with Crippen LogP contribution in [-0.2, 0) is 17.9 Å². The number of benzene rings is 2. The van der Waals surface area contributed by atoms with Crippen molar-refractivity contribution in [3.63, 3.8) is 0 Å². The van der Waals surface area contributed by atoms with Crippen LogP contribution in [0.2, 0.25) is 0 Å². The van der Waals surface area contributed by atoms with Crippen molar-refractivity contribution in [1.29, 1.82) is 0 Å². The molecule has 0 radical (unpaired) electrons. The van der Waals surface area contributed by atoms with Crippen molar-refractivity contribution in [2.75, 3.05) is 33.9 Å². The van der Waals surface area contributed by atoms with Crippen LogP contribution >= 0.6 is 0 Å². The summed E-state index contributed by atoms with van der Waals surface area (Å²) in [7, 11) is 3.04. The minimum absolute atomic E-state index is 0.0639. The Labute approximate surface area is 199 Å². The predicted octanol–water partition coefficient (Wildman–Crippen LogP) is 2.83. The third-order valence-electron chi connectivity index (χ3n) is 6.47. The van der Waals surface area contributed by atoms with Crippen molar-refractivity contribution >= 4 is 16.8 Å². The van der Waals surface area contributed by atoms with Crippen LogP contribution in [0.15, 0.2) is 53.6 Å². The molecule has 1 aromatic heterocycles. The van der Waals surface area contributed by atoms with Crippen LogP contribution in [0.25, 0.3) is 10.9 Å². The summed E-state index contributed by atoms with van der Waals surface area (Å²) in [6.07, 6.45) is 4.63. The predicted molar refractivity (Wildman–Crippen MR) is 131 cm³/mol. The molecule has 1 fully saturated rings. The topological polar surface area (TPSA) is 85.7 Å². The van der Waals surface area contributed by atoms with Crippen molar-refractivity contribution in [3.8, 4) is 11.5 Å². The van der Waals surface area contributed by atoms with Crippen molar-refractivity contribution < 1.29 is 14.3 Å². The van der Waals surface area contributed by atoms with E-state index in [4.69, 9.17) is 9.47 Å². The molecular formula is C26H32N4O4. The average Bonchev–Trinajstić information content (AvgIpc) is 2.87. The Balaban J connectivity index is 1.25. The van der Waals surface area contributed by atoms with E-state index >= 15 is 0 Å². The summed E-state index contributed by atoms with van der Waals surface area (Å²) >= 11 is 0. The number of carbonyl (C=O) groups is 1. The first-order chi connectivity index (χ1) is 16.6. The maximum atomic E-state index is 12.9. The Morgan fingerprint density at radius 2 is 1.79 bits per heavy atom. The maximum absolute atomic E-state index is 12.9. The fourth-order valence-electron chi connectivity index (χ4n) is 4.50. The largest absolute Gasteiger partial charge is 0.493 e. The van der Waals surface area contributed by atoms with Gasteiger partial charge in [-0.3, -0.25) is 19.1 Å². The summed E-state index contributed by atoms with van der Waals surface area (Å²) < 4.78 is 11.9. The number of ether oxygens (including phenoxy) is 2. The minimum Gasteiger partial charge on any atom is -0.493 e. The molecule has 0 atom stereocenters. The number of rotatable bonds is 9. The van der Waals surface area contributed by atoms with Gasteiger partial charge >= 0.3 is 0 Å². The molecule has 8 nitrogen and oxygen atoms in total. The maximum Gasteiger partial charge on any atom is 0.261 e. The van der Waals surface area contributed by atoms with Crippen LogP contribution in [-0.4, -0.2) is 54.2 Å². The number of carbonyl (C=O) groups excluding carboxylic acids is 1. The summed E-state index contributed by atoms with van der Waals surface area (Å²) in [5.74, 6) is 1.37. The highest BCUT2D eigenvalue weighted by molar-refractivity contribution is 5.82. The van der Waals surface area contributed by atoms with Gasteiger partial charge in [-0.2, -0.15) is 0 Å². The Morgan fingerprint density at radius 1 is 1.09 bits per heavy atom. The minimum atomic E-state index is -0.285. The molecule has 0 saturated carbocycles. The van der Waals surface area contributed by atoms with Crippen molar-refractivity contribution in [2.24, 2.45) is 5.92 Å². The van der Waals surface area contributed by atoms with Crippen LogP contribution in [0, 0.1) is 5.92 Å². The number of methoxy groups -OCH3 is 2. The van der Waals surface area contributed by atoms with Crippen molar-refractivity contribution in [2.45, 2.75) is 32.4 Å². The molecule has 2 heterocycles. The number of hydrogen-bond acceptors (Lipinski definition) is 6. The standard InChI is InChI=1S/C26H32N4O4/c1-33-23-14-21-22(15-24(23)34-2)28-18-30(26(21)32)17-25(31)27-11-8-19-9-12-29(13-10-19)16-20-6-4-3-5-7-20/h3-7,14-15,18-19H,8-13,16-17H2,1-2H3,(H,27,31). The van der Waals surface area contributed by atoms with E-state index in [1.807, 2.05) is 6.07 Å². The van der Waals surface area contributed by atoms with Gasteiger partial charge in [0.05, 0.1) is 31.4 Å². The third-order valence-corrected chi connectivity index (χ3v) is 6.47. The summed E-state index contributed by atoms with van der Waals surface area (Å²) in [5.41, 5.74) is 1.56. The number of piperidine rings is 1. The quantitative estimate of drug-likeness (QED) is 0.524. The van der Waals surface area contributed by atoms with Crippen LogP contribution < -0.4 is 20.3 Å². The van der Waals surface area contributed by atoms with Gasteiger partial charge in [0.2, 0.25) is 5.91 Å². The second-order valence-electron chi connectivity index (χ2n) is 8.75. The highest BCUT2D eigenvalue weighted by atomic mass is 16.5. The molecule has 1 aliphatic rings. The summed E-state index contributed by atoms with van der Waals surface area (Å²) in [4.78, 5) is 32.1. The van der Waals surface area contributed by atoms with Crippen LogP contribution in [0.5, 0.6) is 11.5 Å². The van der Waals surface area contributed by atoms with E-state index < -0.39 is 0 Å². The lowest BCUT2D eigenvalue weighted by Gasteiger charge is -2.32. The number of likely N-dealkylation sites (tertiary alicyclic amines) is 1. The molecule has 0 spiro atoms. The lowest BCUT2D eigenvalue weighted by atomic mass is 9.93. The van der Waals surface area contributed by atoms with Crippen LogP contribution in [0.3, 0.4) is 0 Å². The lowest BCUT2D eigenvalue weighted by Crippen LogP contribution is -2.36. The first-order valence-electron chi connectivity index (χ1n) is 11.7. The highest BCUT2D eigenvalue weighted by Gasteiger charge is 2.19. The summed E-state index contributed by atoms with van der Waals surface area (Å²) in [6.45, 7) is 3.71. The van der Waals surface area contributed by atoms with Crippen LogP contribution in [0.4, 0.5) is 0 Å². The Bertz CT molecular complexity index is 1170. The zero-order valence-corrected chi connectivity index (χ0v) is 19.8. The molecule has 180 valence electrons. The van der Waals surface area contributed by atoms with E-state index in [9.17, 15) is 9.59 Å². The number of nitrogens with one attached hydrogen (secondary N) is 1. The van der Waals surface area contributed by atoms with Gasteiger partial charge in [-0.05, 0) is 49.9 Å². The van der Waals surface area contributed by atoms with E-state index in [-0.39, 0.29) is 18.0 Å². The zero-order valence-electron chi connectivity index (χ0n) is 19.8. The van der Waals surface area contributed by atoms with Gasteiger partial charge in [-0.1, -0.05) is 30.3 Å². The van der Waals surface area contributed by atoms with E-state index in [1.165, 1.54) is 30.7 Å². The van der Waals surface area contributed by atoms with E-state index in [0.717, 1.165) is 38.9 Å². The molecule has 2 aromatic carbocycles. The first kappa shape index (κ1) is 23.8. The van der Waals surface area contributed by atoms with Gasteiger partial charge in [0.15, 0.2) is 11.5 Å². The second-order valence-corrected chi connectivity index (χ2v) is 8.75. The molecule has 0 aliphatic carbocycles. The van der Waals surface area contributed by atoms with Crippen LogP contribution in [0.1, 0.15) is 24.8 Å². The summed E-state index contributed by atoms with van der Waals surface area (Å²) in [5, 5.41) is 3.35. The number of hydrogen-bond donors (Lipinski definition) is 1. The Morgan fingerprint density at radius 3 is 2.50 bits per heavy atom. The molecule has 0 bridgehead atoms. The first-order valence-corrected chi connectivity index (χ1v) is 11.7. The van der Waals surface area contributed by atoms with Gasteiger partial charge < -0.3 is 14.8 Å². The average molecular weight is 465 g/mol. The molecule has 0 unspecified atom stereocenters. The fourth-order valence-corrected chi connectivity index (χ4v) is 4.50. The molecule has 1 amide bonds. The molecule has 4 rings (SSSR count). The molecule has 34 heavy (non-hydrogen) atoms. The van der Waals surface area contributed by atoms with Gasteiger partial charge in [-0.25, -0.2) is 4.98 Å². The van der Waals surface area contributed by atoms with E-state index in [1.54, 1.807) is 12.1 Å². The molecule has 1 saturated heterocycles. The Kier molecular flexibility index (Phi) is 7.80. The SMILES string of the molecule is COc1cc2ncn(CC(=O)NCCC3CCN(Cc4ccccc4)CC3)c(=O)c2cc1OC. The van der Waals surface area contributed by atoms with Crippen molar-refractivity contribution in [3.05, 3.63) is 64.7 Å². The van der Waals surface area contributed by atoms with Crippen molar-refractivity contribution in [1.82, 2.24) is 19.8 Å². The molecule has 1 N–H and O–H groups in total. The zero-order chi connectivity index (χ0) is 23.9. The van der Waals surface area contributed by atoms with E-state index in [0.29, 0.717) is 34.9 Å². The third kappa shape index (κ3) is 5.75. The molecule has 3 aromatic rings. The van der Waals surface area contributed by atoms with Gasteiger partial charge in [-0.15, -0.1) is 0 Å². The van der Waals surface area contributed by atoms with Gasteiger partial charge in [0.25, 0.3) is 5.56 Å². The molecule has 1 aliphatic heterocycles. The fraction of sp³-hybridized carbons (Fsp3) is 0.423. The highest BCUT2D eigenvalue weighted by Crippen LogP contribution is 2.29. The number of amides is 1. The number of aromatic nitrogens is 2. The normalized spacial score (nSPS) is 14.8.